The van der Waals surface area contributed by atoms with E-state index in [1.807, 2.05) is 19.1 Å². The SMILES string of the molecule is C=C(Br)c1nc(-c2ccncc2)cc(=O)n1C=CC. The molecule has 96 valence electrons. The van der Waals surface area contributed by atoms with Gasteiger partial charge in [0.05, 0.1) is 10.2 Å². The number of hydrogen-bond acceptors (Lipinski definition) is 3. The van der Waals surface area contributed by atoms with E-state index in [1.165, 1.54) is 10.6 Å². The largest absolute Gasteiger partial charge is 0.269 e. The predicted molar refractivity (Wildman–Crippen MR) is 80.7 cm³/mol. The molecular formula is C14H12BrN3O. The van der Waals surface area contributed by atoms with E-state index in [0.29, 0.717) is 16.0 Å². The zero-order chi connectivity index (χ0) is 13.8. The Hall–Kier alpha value is -2.01. The van der Waals surface area contributed by atoms with E-state index in [-0.39, 0.29) is 5.56 Å². The fraction of sp³-hybridized carbons (Fsp3) is 0.0714. The van der Waals surface area contributed by atoms with Crippen molar-refractivity contribution in [2.75, 3.05) is 0 Å². The Morgan fingerprint density at radius 1 is 1.42 bits per heavy atom. The third-order valence-electron chi connectivity index (χ3n) is 2.47. The van der Waals surface area contributed by atoms with Gasteiger partial charge in [0.2, 0.25) is 0 Å². The second kappa shape index (κ2) is 5.75. The summed E-state index contributed by atoms with van der Waals surface area (Å²) in [7, 11) is 0. The summed E-state index contributed by atoms with van der Waals surface area (Å²) in [5.74, 6) is 0.484. The van der Waals surface area contributed by atoms with Crippen molar-refractivity contribution in [2.45, 2.75) is 6.92 Å². The van der Waals surface area contributed by atoms with Gasteiger partial charge in [-0.3, -0.25) is 14.3 Å². The first-order valence-corrected chi connectivity index (χ1v) is 6.44. The van der Waals surface area contributed by atoms with Crippen LogP contribution in [0.3, 0.4) is 0 Å². The number of pyridine rings is 1. The van der Waals surface area contributed by atoms with Crippen LogP contribution in [0.15, 0.2) is 48.0 Å². The van der Waals surface area contributed by atoms with Crippen molar-refractivity contribution in [2.24, 2.45) is 0 Å². The molecule has 0 radical (unpaired) electrons. The van der Waals surface area contributed by atoms with Gasteiger partial charge in [-0.15, -0.1) is 0 Å². The summed E-state index contributed by atoms with van der Waals surface area (Å²) in [6, 6.07) is 5.11. The van der Waals surface area contributed by atoms with Gasteiger partial charge in [-0.25, -0.2) is 4.98 Å². The fourth-order valence-electron chi connectivity index (χ4n) is 1.65. The van der Waals surface area contributed by atoms with Gasteiger partial charge >= 0.3 is 0 Å². The summed E-state index contributed by atoms with van der Waals surface area (Å²) in [5.41, 5.74) is 1.29. The molecule has 4 nitrogen and oxygen atoms in total. The zero-order valence-electron chi connectivity index (χ0n) is 10.4. The standard InChI is InChI=1S/C14H12BrN3O/c1-3-8-18-13(19)9-12(17-14(18)10(2)15)11-4-6-16-7-5-11/h3-9H,2H2,1H3. The maximum absolute atomic E-state index is 12.1. The van der Waals surface area contributed by atoms with Crippen molar-refractivity contribution >= 4 is 26.6 Å². The van der Waals surface area contributed by atoms with E-state index in [9.17, 15) is 4.79 Å². The minimum absolute atomic E-state index is 0.157. The molecule has 0 aliphatic rings. The Labute approximate surface area is 119 Å². The molecule has 0 saturated heterocycles. The summed E-state index contributed by atoms with van der Waals surface area (Å²) in [6.07, 6.45) is 6.76. The maximum atomic E-state index is 12.1. The first-order valence-electron chi connectivity index (χ1n) is 5.65. The molecule has 0 spiro atoms. The molecule has 2 aromatic rings. The molecule has 0 N–H and O–H groups in total. The van der Waals surface area contributed by atoms with Crippen molar-refractivity contribution in [1.29, 1.82) is 0 Å². The highest BCUT2D eigenvalue weighted by Crippen LogP contribution is 2.20. The van der Waals surface area contributed by atoms with Crippen LogP contribution in [0, 0.1) is 0 Å². The van der Waals surface area contributed by atoms with Gasteiger partial charge < -0.3 is 0 Å². The van der Waals surface area contributed by atoms with E-state index < -0.39 is 0 Å². The highest BCUT2D eigenvalue weighted by Gasteiger charge is 2.09. The van der Waals surface area contributed by atoms with Gasteiger partial charge in [-0.2, -0.15) is 0 Å². The quantitative estimate of drug-likeness (QED) is 0.873. The molecule has 0 fully saturated rings. The Kier molecular flexibility index (Phi) is 4.06. The minimum Gasteiger partial charge on any atom is -0.269 e. The van der Waals surface area contributed by atoms with E-state index in [4.69, 9.17) is 0 Å². The second-order valence-electron chi connectivity index (χ2n) is 3.80. The molecule has 0 unspecified atom stereocenters. The van der Waals surface area contributed by atoms with E-state index in [0.717, 1.165) is 5.56 Å². The lowest BCUT2D eigenvalue weighted by Gasteiger charge is -2.09. The minimum atomic E-state index is -0.157. The lowest BCUT2D eigenvalue weighted by molar-refractivity contribution is 0.967. The zero-order valence-corrected chi connectivity index (χ0v) is 12.0. The molecule has 5 heteroatoms. The number of hydrogen-bond donors (Lipinski definition) is 0. The Morgan fingerprint density at radius 3 is 2.68 bits per heavy atom. The average Bonchev–Trinajstić information content (AvgIpc) is 2.41. The summed E-state index contributed by atoms with van der Waals surface area (Å²) < 4.78 is 2.00. The van der Waals surface area contributed by atoms with E-state index in [1.54, 1.807) is 24.7 Å². The van der Waals surface area contributed by atoms with Gasteiger partial charge in [0.15, 0.2) is 5.82 Å². The summed E-state index contributed by atoms with van der Waals surface area (Å²) >= 11 is 3.28. The molecule has 0 aliphatic heterocycles. The van der Waals surface area contributed by atoms with Gasteiger partial charge in [0.1, 0.15) is 0 Å². The molecule has 0 bridgehead atoms. The molecule has 0 atom stereocenters. The van der Waals surface area contributed by atoms with Crippen LogP contribution in [0.25, 0.3) is 21.9 Å². The number of aromatic nitrogens is 3. The number of nitrogens with zero attached hydrogens (tertiary/aromatic N) is 3. The Morgan fingerprint density at radius 2 is 2.11 bits per heavy atom. The number of rotatable bonds is 3. The molecule has 0 aliphatic carbocycles. The van der Waals surface area contributed by atoms with Crippen LogP contribution in [0.1, 0.15) is 12.7 Å². The molecule has 19 heavy (non-hydrogen) atoms. The van der Waals surface area contributed by atoms with E-state index >= 15 is 0 Å². The van der Waals surface area contributed by atoms with Crippen molar-refractivity contribution in [3.63, 3.8) is 0 Å². The highest BCUT2D eigenvalue weighted by molar-refractivity contribution is 9.15. The number of allylic oxidation sites excluding steroid dienone is 1. The first-order chi connectivity index (χ1) is 9.13. The molecule has 2 aromatic heterocycles. The highest BCUT2D eigenvalue weighted by atomic mass is 79.9. The van der Waals surface area contributed by atoms with Gasteiger partial charge in [-0.05, 0) is 35.0 Å². The first kappa shape index (κ1) is 13.4. The molecule has 2 rings (SSSR count). The summed E-state index contributed by atoms with van der Waals surface area (Å²) in [4.78, 5) is 20.5. The lowest BCUT2D eigenvalue weighted by Crippen LogP contribution is -2.19. The second-order valence-corrected chi connectivity index (χ2v) is 4.75. The maximum Gasteiger partial charge on any atom is 0.258 e. The lowest BCUT2D eigenvalue weighted by atomic mass is 10.2. The Balaban J connectivity index is 2.68. The van der Waals surface area contributed by atoms with Crippen LogP contribution in [-0.4, -0.2) is 14.5 Å². The van der Waals surface area contributed by atoms with Crippen molar-refractivity contribution in [3.05, 3.63) is 59.4 Å². The molecule has 0 aromatic carbocycles. The van der Waals surface area contributed by atoms with Crippen molar-refractivity contribution in [3.8, 4) is 11.3 Å². The van der Waals surface area contributed by atoms with Gasteiger partial charge in [-0.1, -0.05) is 12.7 Å². The van der Waals surface area contributed by atoms with Crippen LogP contribution >= 0.6 is 15.9 Å². The van der Waals surface area contributed by atoms with Crippen LogP contribution < -0.4 is 5.56 Å². The summed E-state index contributed by atoms with van der Waals surface area (Å²) in [6.45, 7) is 5.63. The Bertz CT molecular complexity index is 690. The third-order valence-corrected chi connectivity index (χ3v) is 2.82. The van der Waals surface area contributed by atoms with Crippen LogP contribution in [0.5, 0.6) is 0 Å². The monoisotopic (exact) mass is 317 g/mol. The van der Waals surface area contributed by atoms with Gasteiger partial charge in [0, 0.05) is 30.2 Å². The van der Waals surface area contributed by atoms with E-state index in [2.05, 4.69) is 32.5 Å². The van der Waals surface area contributed by atoms with Crippen LogP contribution in [-0.2, 0) is 0 Å². The predicted octanol–water partition coefficient (Wildman–Crippen LogP) is 3.16. The van der Waals surface area contributed by atoms with Crippen molar-refractivity contribution in [1.82, 2.24) is 14.5 Å². The number of halogens is 1. The molecule has 2 heterocycles. The van der Waals surface area contributed by atoms with Crippen molar-refractivity contribution < 1.29 is 0 Å². The normalized spacial score (nSPS) is 10.8. The smallest absolute Gasteiger partial charge is 0.258 e. The molecule has 0 amide bonds. The average molecular weight is 318 g/mol. The fourth-order valence-corrected chi connectivity index (χ4v) is 1.93. The molecule has 0 saturated carbocycles. The molecular weight excluding hydrogens is 306 g/mol. The van der Waals surface area contributed by atoms with Gasteiger partial charge in [0.25, 0.3) is 5.56 Å². The van der Waals surface area contributed by atoms with Crippen LogP contribution in [0.4, 0.5) is 0 Å². The van der Waals surface area contributed by atoms with Crippen LogP contribution in [0.2, 0.25) is 0 Å². The summed E-state index contributed by atoms with van der Waals surface area (Å²) in [5, 5.41) is 0. The third kappa shape index (κ3) is 2.88. The topological polar surface area (TPSA) is 47.8 Å².